The molecular weight excluding hydrogens is 818 g/mol. The molecule has 0 saturated heterocycles. The number of allylic oxidation sites excluding steroid dienone is 6. The van der Waals surface area contributed by atoms with Gasteiger partial charge in [-0.15, -0.1) is 0 Å². The Kier molecular flexibility index (Phi) is 51.6. The Morgan fingerprint density at radius 2 is 0.828 bits per heavy atom. The topological polar surface area (TPSA) is 117 Å². The molecule has 0 radical (unpaired) electrons. The summed E-state index contributed by atoms with van der Waals surface area (Å²) in [5.74, 6) is -0.328. The molecule has 0 heterocycles. The van der Waals surface area contributed by atoms with Crippen molar-refractivity contribution in [2.75, 3.05) is 33.0 Å². The number of hydrogen-bond acceptors (Lipinski definition) is 7. The molecule has 0 aromatic carbocycles. The van der Waals surface area contributed by atoms with Crippen molar-refractivity contribution in [2.24, 2.45) is 5.73 Å². The second-order valence-corrected chi connectivity index (χ2v) is 19.9. The van der Waals surface area contributed by atoms with E-state index in [1.165, 1.54) is 199 Å². The van der Waals surface area contributed by atoms with Gasteiger partial charge in [0.05, 0.1) is 19.8 Å². The van der Waals surface area contributed by atoms with Crippen LogP contribution < -0.4 is 5.73 Å². The quantitative estimate of drug-likeness (QED) is 0.0268. The van der Waals surface area contributed by atoms with Crippen molar-refractivity contribution < 1.29 is 32.8 Å². The number of phosphoric acid groups is 1. The number of carbonyl (C=O) groups excluding carboxylic acids is 1. The maximum absolute atomic E-state index is 12.7. The minimum atomic E-state index is -4.29. The molecule has 8 nitrogen and oxygen atoms in total. The van der Waals surface area contributed by atoms with Gasteiger partial charge in [0.25, 0.3) is 0 Å². The highest BCUT2D eigenvalue weighted by Crippen LogP contribution is 2.43. The molecule has 0 fully saturated rings. The number of hydrogen-bond donors (Lipinski definition) is 2. The van der Waals surface area contributed by atoms with Crippen molar-refractivity contribution in [3.63, 3.8) is 0 Å². The lowest BCUT2D eigenvalue weighted by Crippen LogP contribution is -2.28. The molecule has 64 heavy (non-hydrogen) atoms. The molecule has 0 amide bonds. The number of esters is 1. The minimum absolute atomic E-state index is 0.0963. The van der Waals surface area contributed by atoms with Gasteiger partial charge >= 0.3 is 13.8 Å². The van der Waals surface area contributed by atoms with Crippen LogP contribution in [0.5, 0.6) is 0 Å². The number of rotatable bonds is 53. The molecule has 0 aromatic heterocycles. The van der Waals surface area contributed by atoms with Crippen LogP contribution in [0.4, 0.5) is 0 Å². The van der Waals surface area contributed by atoms with Crippen molar-refractivity contribution in [1.29, 1.82) is 0 Å². The van der Waals surface area contributed by atoms with Crippen LogP contribution in [0, 0.1) is 0 Å². The third-order valence-corrected chi connectivity index (χ3v) is 13.0. The van der Waals surface area contributed by atoms with E-state index >= 15 is 0 Å². The van der Waals surface area contributed by atoms with Crippen molar-refractivity contribution in [3.8, 4) is 0 Å². The molecule has 0 rings (SSSR count). The summed E-state index contributed by atoms with van der Waals surface area (Å²) in [6.07, 6.45) is 63.3. The third-order valence-electron chi connectivity index (χ3n) is 12.1. The van der Waals surface area contributed by atoms with E-state index in [-0.39, 0.29) is 32.3 Å². The molecule has 0 saturated carbocycles. The van der Waals surface area contributed by atoms with Gasteiger partial charge in [0.1, 0.15) is 6.10 Å². The standard InChI is InChI=1S/C55H106NO7P/c1-3-5-7-9-11-13-15-17-19-21-23-25-27-28-30-32-34-36-38-40-42-44-46-48-55(57)63-54(53-62-64(58,59)61-51-49-56)52-60-50-47-45-43-41-39-37-35-33-31-29-26-24-22-20-18-16-14-12-10-8-6-4-2/h16,18,22,24,29,31,54H,3-15,17,19-21,23,25-28,30,32-53,56H2,1-2H3,(H,58,59)/b18-16-,24-22-,31-29-. The van der Waals surface area contributed by atoms with Crippen LogP contribution in [0.2, 0.25) is 0 Å². The number of carbonyl (C=O) groups is 1. The van der Waals surface area contributed by atoms with E-state index in [9.17, 15) is 14.3 Å². The summed E-state index contributed by atoms with van der Waals surface area (Å²) in [6.45, 7) is 4.94. The third kappa shape index (κ3) is 51.7. The second kappa shape index (κ2) is 52.7. The van der Waals surface area contributed by atoms with Crippen LogP contribution >= 0.6 is 7.82 Å². The molecule has 0 aromatic rings. The Hall–Kier alpha value is -1.28. The highest BCUT2D eigenvalue weighted by molar-refractivity contribution is 7.47. The number of phosphoric ester groups is 1. The minimum Gasteiger partial charge on any atom is -0.457 e. The molecule has 0 aliphatic rings. The van der Waals surface area contributed by atoms with Gasteiger partial charge in [-0.3, -0.25) is 13.8 Å². The van der Waals surface area contributed by atoms with E-state index in [1.807, 2.05) is 0 Å². The normalized spacial score (nSPS) is 13.5. The SMILES string of the molecule is CCCCCCC/C=C\C/C=C\C/C=C\CCCCCCCCCOCC(COP(=O)(O)OCCN)OC(=O)CCCCCCCCCCCCCCCCCCCCCCCCC. The molecule has 0 aliphatic carbocycles. The monoisotopic (exact) mass is 924 g/mol. The molecule has 9 heteroatoms. The average molecular weight is 924 g/mol. The number of nitrogens with two attached hydrogens (primary N) is 1. The zero-order valence-corrected chi connectivity index (χ0v) is 43.2. The predicted octanol–water partition coefficient (Wildman–Crippen LogP) is 17.3. The highest BCUT2D eigenvalue weighted by atomic mass is 31.2. The van der Waals surface area contributed by atoms with Gasteiger partial charge in [-0.25, -0.2) is 4.57 Å². The Labute approximate surface area is 397 Å². The van der Waals surface area contributed by atoms with E-state index in [4.69, 9.17) is 24.3 Å². The molecule has 0 aliphatic heterocycles. The van der Waals surface area contributed by atoms with Gasteiger partial charge in [0.15, 0.2) is 0 Å². The lowest BCUT2D eigenvalue weighted by molar-refractivity contribution is -0.154. The fraction of sp³-hybridized carbons (Fsp3) is 0.873. The maximum Gasteiger partial charge on any atom is 0.472 e. The first-order chi connectivity index (χ1) is 31.4. The molecule has 2 atom stereocenters. The van der Waals surface area contributed by atoms with Crippen LogP contribution in [0.3, 0.4) is 0 Å². The van der Waals surface area contributed by atoms with Crippen LogP contribution in [0.15, 0.2) is 36.5 Å². The molecule has 378 valence electrons. The molecule has 2 unspecified atom stereocenters. The van der Waals surface area contributed by atoms with Gasteiger partial charge < -0.3 is 20.1 Å². The van der Waals surface area contributed by atoms with Gasteiger partial charge in [0, 0.05) is 19.6 Å². The Balaban J connectivity index is 3.91. The molecule has 0 bridgehead atoms. The molecule has 3 N–H and O–H groups in total. The van der Waals surface area contributed by atoms with Gasteiger partial charge in [-0.05, 0) is 51.4 Å². The maximum atomic E-state index is 12.7. The van der Waals surface area contributed by atoms with Crippen LogP contribution in [0.25, 0.3) is 0 Å². The summed E-state index contributed by atoms with van der Waals surface area (Å²) in [5, 5.41) is 0. The van der Waals surface area contributed by atoms with Gasteiger partial charge in [-0.2, -0.15) is 0 Å². The lowest BCUT2D eigenvalue weighted by Gasteiger charge is -2.20. The first kappa shape index (κ1) is 62.7. The zero-order valence-electron chi connectivity index (χ0n) is 42.3. The smallest absolute Gasteiger partial charge is 0.457 e. The largest absolute Gasteiger partial charge is 0.472 e. The fourth-order valence-electron chi connectivity index (χ4n) is 8.01. The predicted molar refractivity (Wildman–Crippen MR) is 275 cm³/mol. The number of ether oxygens (including phenoxy) is 2. The van der Waals surface area contributed by atoms with Crippen molar-refractivity contribution in [3.05, 3.63) is 36.5 Å². The fourth-order valence-corrected chi connectivity index (χ4v) is 8.77. The van der Waals surface area contributed by atoms with E-state index in [0.29, 0.717) is 13.0 Å². The zero-order chi connectivity index (χ0) is 46.5. The summed E-state index contributed by atoms with van der Waals surface area (Å²) in [5.41, 5.74) is 5.40. The summed E-state index contributed by atoms with van der Waals surface area (Å²) in [7, 11) is -4.29. The Morgan fingerprint density at radius 3 is 1.23 bits per heavy atom. The Morgan fingerprint density at radius 1 is 0.469 bits per heavy atom. The van der Waals surface area contributed by atoms with Crippen LogP contribution in [-0.2, 0) is 27.9 Å². The summed E-state index contributed by atoms with van der Waals surface area (Å²) >= 11 is 0. The first-order valence-corrected chi connectivity index (χ1v) is 29.0. The Bertz CT molecular complexity index is 1080. The summed E-state index contributed by atoms with van der Waals surface area (Å²) in [6, 6.07) is 0. The van der Waals surface area contributed by atoms with Crippen molar-refractivity contribution in [1.82, 2.24) is 0 Å². The van der Waals surface area contributed by atoms with E-state index in [0.717, 1.165) is 51.4 Å². The lowest BCUT2D eigenvalue weighted by atomic mass is 10.0. The summed E-state index contributed by atoms with van der Waals surface area (Å²) in [4.78, 5) is 22.6. The van der Waals surface area contributed by atoms with E-state index in [1.54, 1.807) is 0 Å². The molecular formula is C55H106NO7P. The van der Waals surface area contributed by atoms with Crippen molar-refractivity contribution >= 4 is 13.8 Å². The van der Waals surface area contributed by atoms with Gasteiger partial charge in [0.2, 0.25) is 0 Å². The van der Waals surface area contributed by atoms with E-state index < -0.39 is 13.9 Å². The average Bonchev–Trinajstić information content (AvgIpc) is 3.29. The van der Waals surface area contributed by atoms with Gasteiger partial charge in [-0.1, -0.05) is 249 Å². The number of unbranched alkanes of at least 4 members (excludes halogenated alkanes) is 34. The molecule has 0 spiro atoms. The first-order valence-electron chi connectivity index (χ1n) is 27.5. The summed E-state index contributed by atoms with van der Waals surface area (Å²) < 4.78 is 33.6. The highest BCUT2D eigenvalue weighted by Gasteiger charge is 2.25. The van der Waals surface area contributed by atoms with Crippen LogP contribution in [0.1, 0.15) is 271 Å². The van der Waals surface area contributed by atoms with Crippen LogP contribution in [-0.4, -0.2) is 49.9 Å². The van der Waals surface area contributed by atoms with E-state index in [2.05, 4.69) is 50.3 Å². The second-order valence-electron chi connectivity index (χ2n) is 18.5. The van der Waals surface area contributed by atoms with Crippen molar-refractivity contribution in [2.45, 2.75) is 277 Å².